The second kappa shape index (κ2) is 6.43. The topological polar surface area (TPSA) is 63.5 Å². The third kappa shape index (κ3) is 3.53. The van der Waals surface area contributed by atoms with Crippen molar-refractivity contribution in [2.75, 3.05) is 7.05 Å². The molecule has 2 aromatic rings. The van der Waals surface area contributed by atoms with Crippen LogP contribution in [0.4, 0.5) is 5.69 Å². The molecule has 0 saturated carbocycles. The molecule has 0 aliphatic carbocycles. The first-order chi connectivity index (χ1) is 9.90. The fourth-order valence-corrected chi connectivity index (χ4v) is 2.83. The summed E-state index contributed by atoms with van der Waals surface area (Å²) in [5.41, 5.74) is 0.730. The van der Waals surface area contributed by atoms with Crippen LogP contribution in [0.3, 0.4) is 0 Å². The van der Waals surface area contributed by atoms with Gasteiger partial charge in [-0.05, 0) is 22.4 Å². The van der Waals surface area contributed by atoms with Crippen LogP contribution in [0.1, 0.15) is 15.9 Å². The molecule has 0 radical (unpaired) electrons. The zero-order valence-corrected chi connectivity index (χ0v) is 13.2. The van der Waals surface area contributed by atoms with Gasteiger partial charge in [-0.15, -0.1) is 0 Å². The van der Waals surface area contributed by atoms with Crippen LogP contribution >= 0.6 is 34.5 Å². The van der Waals surface area contributed by atoms with E-state index in [1.807, 2.05) is 16.8 Å². The molecule has 1 amide bonds. The number of thiophene rings is 1. The van der Waals surface area contributed by atoms with Crippen LogP contribution in [-0.2, 0) is 6.54 Å². The molecule has 0 N–H and O–H groups in total. The van der Waals surface area contributed by atoms with Gasteiger partial charge in [0.2, 0.25) is 0 Å². The Labute approximate surface area is 134 Å². The maximum atomic E-state index is 12.4. The van der Waals surface area contributed by atoms with Crippen LogP contribution < -0.4 is 0 Å². The van der Waals surface area contributed by atoms with Gasteiger partial charge in [-0.3, -0.25) is 14.9 Å². The maximum Gasteiger partial charge on any atom is 0.271 e. The lowest BCUT2D eigenvalue weighted by atomic mass is 10.1. The lowest BCUT2D eigenvalue weighted by Gasteiger charge is -2.17. The Morgan fingerprint density at radius 2 is 2.14 bits per heavy atom. The van der Waals surface area contributed by atoms with E-state index >= 15 is 0 Å². The highest BCUT2D eigenvalue weighted by Gasteiger charge is 2.22. The molecule has 21 heavy (non-hydrogen) atoms. The van der Waals surface area contributed by atoms with Gasteiger partial charge < -0.3 is 4.90 Å². The first-order valence-electron chi connectivity index (χ1n) is 5.80. The van der Waals surface area contributed by atoms with E-state index in [-0.39, 0.29) is 21.3 Å². The average molecular weight is 345 g/mol. The van der Waals surface area contributed by atoms with Gasteiger partial charge >= 0.3 is 0 Å². The highest BCUT2D eigenvalue weighted by Crippen LogP contribution is 2.31. The monoisotopic (exact) mass is 344 g/mol. The fraction of sp³-hybridized carbons (Fsp3) is 0.154. The van der Waals surface area contributed by atoms with Gasteiger partial charge in [0.1, 0.15) is 0 Å². The van der Waals surface area contributed by atoms with Gasteiger partial charge in [0, 0.05) is 25.7 Å². The van der Waals surface area contributed by atoms with E-state index in [1.54, 1.807) is 7.05 Å². The number of rotatable bonds is 4. The fourth-order valence-electron chi connectivity index (χ4n) is 1.77. The van der Waals surface area contributed by atoms with Crippen molar-refractivity contribution in [2.45, 2.75) is 6.54 Å². The van der Waals surface area contributed by atoms with Crippen molar-refractivity contribution in [3.05, 3.63) is 60.2 Å². The van der Waals surface area contributed by atoms with Gasteiger partial charge in [0.15, 0.2) is 0 Å². The number of halogens is 2. The summed E-state index contributed by atoms with van der Waals surface area (Å²) >= 11 is 13.4. The molecule has 0 spiro atoms. The summed E-state index contributed by atoms with van der Waals surface area (Å²) in [5, 5.41) is 14.7. The summed E-state index contributed by atoms with van der Waals surface area (Å²) in [6.45, 7) is 0.388. The first-order valence-corrected chi connectivity index (χ1v) is 7.50. The number of amides is 1. The predicted octanol–water partition coefficient (Wildman–Crippen LogP) is 4.24. The molecular formula is C13H10Cl2N2O3S. The smallest absolute Gasteiger partial charge is 0.271 e. The van der Waals surface area contributed by atoms with Crippen molar-refractivity contribution in [3.8, 4) is 0 Å². The van der Waals surface area contributed by atoms with Gasteiger partial charge in [-0.25, -0.2) is 0 Å². The minimum Gasteiger partial charge on any atom is -0.337 e. The van der Waals surface area contributed by atoms with Crippen molar-refractivity contribution in [1.29, 1.82) is 0 Å². The molecule has 0 saturated heterocycles. The summed E-state index contributed by atoms with van der Waals surface area (Å²) in [6.07, 6.45) is 0. The van der Waals surface area contributed by atoms with E-state index in [0.717, 1.165) is 17.7 Å². The average Bonchev–Trinajstić information content (AvgIpc) is 2.93. The Hall–Kier alpha value is -1.63. The van der Waals surface area contributed by atoms with E-state index in [1.165, 1.54) is 16.2 Å². The van der Waals surface area contributed by atoms with Crippen LogP contribution in [0.15, 0.2) is 29.0 Å². The third-order valence-corrected chi connectivity index (χ3v) is 4.33. The molecule has 2 rings (SSSR count). The molecule has 1 aromatic carbocycles. The van der Waals surface area contributed by atoms with Crippen molar-refractivity contribution in [2.24, 2.45) is 0 Å². The van der Waals surface area contributed by atoms with Crippen LogP contribution in [0, 0.1) is 10.1 Å². The number of hydrogen-bond acceptors (Lipinski definition) is 4. The SMILES string of the molecule is CN(Cc1ccsc1)C(=O)c1cc([N+](=O)[O-])cc(Cl)c1Cl. The van der Waals surface area contributed by atoms with Crippen LogP contribution in [0.25, 0.3) is 0 Å². The highest BCUT2D eigenvalue weighted by atomic mass is 35.5. The number of non-ortho nitro benzene ring substituents is 1. The number of benzene rings is 1. The molecule has 0 aliphatic rings. The maximum absolute atomic E-state index is 12.4. The quantitative estimate of drug-likeness (QED) is 0.615. The molecule has 8 heteroatoms. The van der Waals surface area contributed by atoms with E-state index in [2.05, 4.69) is 0 Å². The minimum absolute atomic E-state index is 0.0156. The Bertz CT molecular complexity index is 689. The number of carbonyl (C=O) groups excluding carboxylic acids is 1. The Morgan fingerprint density at radius 3 is 2.71 bits per heavy atom. The van der Waals surface area contributed by atoms with Crippen molar-refractivity contribution < 1.29 is 9.72 Å². The number of nitro benzene ring substituents is 1. The lowest BCUT2D eigenvalue weighted by Crippen LogP contribution is -2.26. The molecule has 0 fully saturated rings. The van der Waals surface area contributed by atoms with E-state index in [0.29, 0.717) is 6.54 Å². The van der Waals surface area contributed by atoms with Crippen molar-refractivity contribution in [1.82, 2.24) is 4.90 Å². The molecule has 0 bridgehead atoms. The van der Waals surface area contributed by atoms with Crippen molar-refractivity contribution >= 4 is 46.1 Å². The van der Waals surface area contributed by atoms with E-state index < -0.39 is 10.8 Å². The van der Waals surface area contributed by atoms with Crippen LogP contribution in [0.2, 0.25) is 10.0 Å². The molecule has 1 heterocycles. The number of nitro groups is 1. The molecule has 110 valence electrons. The molecule has 0 atom stereocenters. The largest absolute Gasteiger partial charge is 0.337 e. The van der Waals surface area contributed by atoms with Gasteiger partial charge in [-0.2, -0.15) is 11.3 Å². The zero-order chi connectivity index (χ0) is 15.6. The molecular weight excluding hydrogens is 335 g/mol. The summed E-state index contributed by atoms with van der Waals surface area (Å²) < 4.78 is 0. The Morgan fingerprint density at radius 1 is 1.43 bits per heavy atom. The summed E-state index contributed by atoms with van der Waals surface area (Å²) in [5.74, 6) is -0.420. The van der Waals surface area contributed by atoms with Gasteiger partial charge in [-0.1, -0.05) is 23.2 Å². The highest BCUT2D eigenvalue weighted by molar-refractivity contribution is 7.07. The standard InChI is InChI=1S/C13H10Cl2N2O3S/c1-16(6-8-2-3-21-7-8)13(18)10-4-9(17(19)20)5-11(14)12(10)15/h2-5,7H,6H2,1H3. The molecule has 1 aromatic heterocycles. The van der Waals surface area contributed by atoms with Gasteiger partial charge in [0.05, 0.1) is 20.5 Å². The van der Waals surface area contributed by atoms with Crippen LogP contribution in [0.5, 0.6) is 0 Å². The summed E-state index contributed by atoms with van der Waals surface area (Å²) in [4.78, 5) is 24.0. The third-order valence-electron chi connectivity index (χ3n) is 2.80. The Balaban J connectivity index is 2.31. The Kier molecular flexibility index (Phi) is 4.82. The number of nitrogens with zero attached hydrogens (tertiary/aromatic N) is 2. The minimum atomic E-state index is -0.613. The second-order valence-electron chi connectivity index (χ2n) is 4.34. The van der Waals surface area contributed by atoms with Crippen LogP contribution in [-0.4, -0.2) is 22.8 Å². The normalized spacial score (nSPS) is 10.4. The summed E-state index contributed by atoms with van der Waals surface area (Å²) in [7, 11) is 1.60. The van der Waals surface area contributed by atoms with E-state index in [9.17, 15) is 14.9 Å². The number of carbonyl (C=O) groups is 1. The van der Waals surface area contributed by atoms with Crippen molar-refractivity contribution in [3.63, 3.8) is 0 Å². The molecule has 0 unspecified atom stereocenters. The molecule has 0 aliphatic heterocycles. The first kappa shape index (κ1) is 15.8. The lowest BCUT2D eigenvalue weighted by molar-refractivity contribution is -0.384. The number of hydrogen-bond donors (Lipinski definition) is 0. The van der Waals surface area contributed by atoms with E-state index in [4.69, 9.17) is 23.2 Å². The molecule has 5 nitrogen and oxygen atoms in total. The zero-order valence-electron chi connectivity index (χ0n) is 10.9. The summed E-state index contributed by atoms with van der Waals surface area (Å²) in [6, 6.07) is 4.16. The van der Waals surface area contributed by atoms with Gasteiger partial charge in [0.25, 0.3) is 11.6 Å². The predicted molar refractivity (Wildman–Crippen MR) is 83.2 cm³/mol. The second-order valence-corrected chi connectivity index (χ2v) is 5.90.